The molecule has 0 saturated heterocycles. The molecule has 5 heterocycles. The first-order valence-corrected chi connectivity index (χ1v) is 28.3. The molecule has 0 spiro atoms. The van der Waals surface area contributed by atoms with Gasteiger partial charge in [0.1, 0.15) is 10.0 Å². The minimum absolute atomic E-state index is 0.442. The van der Waals surface area contributed by atoms with E-state index in [9.17, 15) is 0 Å². The van der Waals surface area contributed by atoms with Crippen molar-refractivity contribution < 1.29 is 9.68 Å². The molecule has 5 aromatic heterocycles. The second-order valence-electron chi connectivity index (χ2n) is 18.0. The summed E-state index contributed by atoms with van der Waals surface area (Å²) in [5, 5.41) is 16.0. The molecule has 76 heavy (non-hydrogen) atoms. The highest BCUT2D eigenvalue weighted by Gasteiger charge is 2.15. The predicted octanol–water partition coefficient (Wildman–Crippen LogP) is 18.9. The highest BCUT2D eigenvalue weighted by Crippen LogP contribution is 2.39. The maximum absolute atomic E-state index is 8.60. The Bertz CT molecular complexity index is 4370. The van der Waals surface area contributed by atoms with Crippen molar-refractivity contribution >= 4 is 148 Å². The van der Waals surface area contributed by atoms with Gasteiger partial charge in [0.05, 0.1) is 30.6 Å². The van der Waals surface area contributed by atoms with Crippen molar-refractivity contribution in [3.8, 4) is 59.7 Å². The number of halogens is 2. The summed E-state index contributed by atoms with van der Waals surface area (Å²) in [6.07, 6.45) is 0. The van der Waals surface area contributed by atoms with Crippen LogP contribution in [0.2, 0.25) is 0 Å². The van der Waals surface area contributed by atoms with Crippen LogP contribution in [0.4, 0.5) is 0 Å². The molecule has 7 nitrogen and oxygen atoms in total. The van der Waals surface area contributed by atoms with Crippen molar-refractivity contribution in [3.63, 3.8) is 0 Å². The fourth-order valence-electron chi connectivity index (χ4n) is 9.53. The Morgan fingerprint density at radius 1 is 0.355 bits per heavy atom. The lowest BCUT2D eigenvalue weighted by Crippen LogP contribution is -1.98. The second-order valence-corrected chi connectivity index (χ2v) is 22.9. The van der Waals surface area contributed by atoms with E-state index < -0.39 is 0 Å². The van der Waals surface area contributed by atoms with Gasteiger partial charge in [-0.05, 0) is 143 Å². The average Bonchev–Trinajstić information content (AvgIpc) is 4.35. The highest BCUT2D eigenvalue weighted by molar-refractivity contribution is 9.10. The number of nitrogens with one attached hydrogen (secondary N) is 2. The minimum Gasteiger partial charge on any atom is -0.515 e. The highest BCUT2D eigenvalue weighted by atomic mass is 79.9. The number of hydrogen-bond acceptors (Lipinski definition) is 8. The minimum atomic E-state index is 0.442. The van der Waals surface area contributed by atoms with E-state index >= 15 is 0 Å². The van der Waals surface area contributed by atoms with E-state index in [0.29, 0.717) is 12.9 Å². The first kappa shape index (κ1) is 47.9. The SMILES string of the molecule is Brc1ccc2[nH]c3ccc(Br)cc3c2c1.O[B]Oc1nc2ccc(-c3ccccc3)cc2s1.c1ccc(-c2ccc3nc(-c4ccc5[nH]c6ccc(-c7nc8ccc(-c9ccccc9)cc8s7)cc6c5c4)sc3c2)cc1. The molecule has 0 fully saturated rings. The molecule has 3 N–H and O–H groups in total. The lowest BCUT2D eigenvalue weighted by molar-refractivity contribution is 0.452. The second kappa shape index (κ2) is 20.8. The molecule has 0 unspecified atom stereocenters. The number of H-pyrrole nitrogens is 2. The van der Waals surface area contributed by atoms with Gasteiger partial charge >= 0.3 is 7.69 Å². The molecule has 0 atom stereocenters. The Hall–Kier alpha value is -7.75. The number of nitrogens with zero attached hydrogens (tertiary/aromatic N) is 3. The molecule has 0 amide bonds. The third kappa shape index (κ3) is 9.73. The van der Waals surface area contributed by atoms with Crippen LogP contribution in [0.3, 0.4) is 0 Å². The lowest BCUT2D eigenvalue weighted by atomic mass is 10.1. The van der Waals surface area contributed by atoms with Crippen LogP contribution in [0.5, 0.6) is 5.19 Å². The molecule has 0 aliphatic heterocycles. The Kier molecular flexibility index (Phi) is 13.1. The van der Waals surface area contributed by atoms with Crippen LogP contribution in [0.15, 0.2) is 227 Å². The van der Waals surface area contributed by atoms with E-state index in [0.717, 1.165) is 67.9 Å². The van der Waals surface area contributed by atoms with Gasteiger partial charge in [-0.3, -0.25) is 0 Å². The number of hydrogen-bond donors (Lipinski definition) is 3. The third-order valence-electron chi connectivity index (χ3n) is 13.2. The standard InChI is InChI=1S/C38H23N3S2.C13H9BNO2S.C12H7Br2N/c1-3-7-23(8-4-1)25-11-17-33-35(21-25)42-37(40-33)27-13-15-31-29(19-27)30-20-28(14-16-32(30)39-31)38-41-34-18-12-26(22-36(34)43-38)24-9-5-2-6-10-24;16-14-17-13-15-11-7-6-10(8-12(11)18-13)9-4-2-1-3-5-9;13-7-1-3-11-9(5-7)10-6-8(14)2-4-12(10)15-11/h1-22,39H;1-8,16H;1-6,15H. The van der Waals surface area contributed by atoms with Crippen LogP contribution in [0.25, 0.3) is 129 Å². The van der Waals surface area contributed by atoms with Crippen LogP contribution in [-0.4, -0.2) is 37.6 Å². The first-order chi connectivity index (χ1) is 37.3. The summed E-state index contributed by atoms with van der Waals surface area (Å²) in [5.41, 5.74) is 17.0. The predicted molar refractivity (Wildman–Crippen MR) is 329 cm³/mol. The van der Waals surface area contributed by atoms with Gasteiger partial charge in [-0.2, -0.15) is 0 Å². The topological polar surface area (TPSA) is 99.7 Å². The van der Waals surface area contributed by atoms with Crippen molar-refractivity contribution in [3.05, 3.63) is 227 Å². The molecule has 15 aromatic rings. The summed E-state index contributed by atoms with van der Waals surface area (Å²) >= 11 is 11.9. The number of benzene rings is 10. The Labute approximate surface area is 465 Å². The van der Waals surface area contributed by atoms with Gasteiger partial charge in [0.15, 0.2) is 0 Å². The summed E-state index contributed by atoms with van der Waals surface area (Å²) in [5.74, 6) is 0. The number of aromatic amines is 2. The molecule has 363 valence electrons. The van der Waals surface area contributed by atoms with Gasteiger partial charge in [0.25, 0.3) is 5.19 Å². The summed E-state index contributed by atoms with van der Waals surface area (Å²) in [6.45, 7) is 0. The number of fused-ring (bicyclic) bond motifs is 9. The lowest BCUT2D eigenvalue weighted by Gasteiger charge is -2.00. The Morgan fingerprint density at radius 3 is 1.12 bits per heavy atom. The maximum Gasteiger partial charge on any atom is 0.571 e. The van der Waals surface area contributed by atoms with Crippen LogP contribution < -0.4 is 4.65 Å². The molecular weight excluding hydrogens is 1130 g/mol. The van der Waals surface area contributed by atoms with E-state index in [4.69, 9.17) is 19.6 Å². The van der Waals surface area contributed by atoms with Gasteiger partial charge in [0.2, 0.25) is 0 Å². The fourth-order valence-corrected chi connectivity index (χ4v) is 13.1. The third-order valence-corrected chi connectivity index (χ3v) is 17.3. The monoisotopic (exact) mass is 1160 g/mol. The zero-order chi connectivity index (χ0) is 51.1. The molecule has 0 saturated carbocycles. The van der Waals surface area contributed by atoms with Gasteiger partial charge in [-0.1, -0.05) is 152 Å². The van der Waals surface area contributed by atoms with Gasteiger partial charge in [-0.25, -0.2) is 15.0 Å². The van der Waals surface area contributed by atoms with Crippen LogP contribution in [-0.2, 0) is 0 Å². The van der Waals surface area contributed by atoms with Crippen molar-refractivity contribution in [2.45, 2.75) is 0 Å². The van der Waals surface area contributed by atoms with Crippen LogP contribution >= 0.6 is 65.9 Å². The van der Waals surface area contributed by atoms with Gasteiger partial charge in [-0.15, -0.1) is 22.7 Å². The van der Waals surface area contributed by atoms with Crippen LogP contribution in [0, 0.1) is 0 Å². The molecule has 1 radical (unpaired) electrons. The number of aromatic nitrogens is 5. The molecule has 0 bridgehead atoms. The zero-order valence-electron chi connectivity index (χ0n) is 40.0. The van der Waals surface area contributed by atoms with Crippen molar-refractivity contribution in [2.75, 3.05) is 0 Å². The van der Waals surface area contributed by atoms with E-state index in [1.807, 2.05) is 42.5 Å². The van der Waals surface area contributed by atoms with Crippen molar-refractivity contribution in [1.82, 2.24) is 24.9 Å². The maximum atomic E-state index is 8.60. The fraction of sp³-hybridized carbons (Fsp3) is 0. The van der Waals surface area contributed by atoms with Crippen molar-refractivity contribution in [1.29, 1.82) is 0 Å². The van der Waals surface area contributed by atoms with Crippen LogP contribution in [0.1, 0.15) is 0 Å². The Morgan fingerprint density at radius 2 is 0.711 bits per heavy atom. The molecule has 13 heteroatoms. The number of thiazole rings is 3. The Balaban J connectivity index is 0.000000136. The normalized spacial score (nSPS) is 11.4. The first-order valence-electron chi connectivity index (χ1n) is 24.3. The summed E-state index contributed by atoms with van der Waals surface area (Å²) in [6, 6.07) is 76.2. The molecule has 15 rings (SSSR count). The van der Waals surface area contributed by atoms with E-state index in [-0.39, 0.29) is 0 Å². The van der Waals surface area contributed by atoms with Crippen molar-refractivity contribution in [2.24, 2.45) is 0 Å². The summed E-state index contributed by atoms with van der Waals surface area (Å²) in [4.78, 5) is 21.3. The average molecular weight is 1160 g/mol. The molecule has 10 aromatic carbocycles. The van der Waals surface area contributed by atoms with E-state index in [1.165, 1.54) is 81.1 Å². The number of rotatable bonds is 7. The molecule has 0 aliphatic rings. The van der Waals surface area contributed by atoms with E-state index in [2.05, 4.69) is 223 Å². The largest absolute Gasteiger partial charge is 0.571 e. The molecular formula is C63H39BBr2N5O2S3. The summed E-state index contributed by atoms with van der Waals surface area (Å²) in [7, 11) is 0.649. The zero-order valence-corrected chi connectivity index (χ0v) is 45.7. The quantitative estimate of drug-likeness (QED) is 0.138. The van der Waals surface area contributed by atoms with E-state index in [1.54, 1.807) is 22.7 Å². The smallest absolute Gasteiger partial charge is 0.515 e. The van der Waals surface area contributed by atoms with Gasteiger partial charge < -0.3 is 19.6 Å². The van der Waals surface area contributed by atoms with Gasteiger partial charge in [0, 0.05) is 63.7 Å². The molecule has 0 aliphatic carbocycles. The summed E-state index contributed by atoms with van der Waals surface area (Å²) < 4.78 is 10.5.